The van der Waals surface area contributed by atoms with Gasteiger partial charge in [0.25, 0.3) is 0 Å². The van der Waals surface area contributed by atoms with Crippen molar-refractivity contribution in [3.63, 3.8) is 0 Å². The molecule has 0 aliphatic carbocycles. The normalized spacial score (nSPS) is 10.0. The summed E-state index contributed by atoms with van der Waals surface area (Å²) in [5.41, 5.74) is 0. The first-order chi connectivity index (χ1) is 9.67. The van der Waals surface area contributed by atoms with Gasteiger partial charge in [0.15, 0.2) is 11.5 Å². The molecular formula is C13H13ClN2O4. The molecule has 0 atom stereocenters. The minimum Gasteiger partial charge on any atom is -0.493 e. The lowest BCUT2D eigenvalue weighted by molar-refractivity contribution is 0.320. The lowest BCUT2D eigenvalue weighted by Gasteiger charge is -2.14. The third-order valence-electron chi connectivity index (χ3n) is 2.47. The van der Waals surface area contributed by atoms with Gasteiger partial charge < -0.3 is 18.9 Å². The van der Waals surface area contributed by atoms with Crippen molar-refractivity contribution in [2.24, 2.45) is 0 Å². The van der Waals surface area contributed by atoms with Gasteiger partial charge in [0, 0.05) is 18.2 Å². The Kier molecular flexibility index (Phi) is 4.47. The summed E-state index contributed by atoms with van der Waals surface area (Å²) in [6.07, 6.45) is 1.32. The van der Waals surface area contributed by atoms with Crippen LogP contribution in [0.2, 0.25) is 5.15 Å². The molecule has 6 nitrogen and oxygen atoms in total. The van der Waals surface area contributed by atoms with Crippen LogP contribution in [0.25, 0.3) is 0 Å². The first-order valence-electron chi connectivity index (χ1n) is 5.63. The maximum absolute atomic E-state index is 5.78. The predicted molar refractivity (Wildman–Crippen MR) is 73.2 cm³/mol. The standard InChI is InChI=1S/C13H13ClN2O4/c1-17-9-4-8(5-10(18-2)13(9)19-3)20-12-6-11(14)15-7-16-12/h4-7H,1-3H3. The fourth-order valence-electron chi connectivity index (χ4n) is 1.61. The van der Waals surface area contributed by atoms with Gasteiger partial charge in [0.1, 0.15) is 17.2 Å². The summed E-state index contributed by atoms with van der Waals surface area (Å²) in [5, 5.41) is 0.294. The lowest BCUT2D eigenvalue weighted by Crippen LogP contribution is -1.96. The van der Waals surface area contributed by atoms with Gasteiger partial charge in [-0.25, -0.2) is 9.97 Å². The molecule has 2 aromatic rings. The minimum absolute atomic E-state index is 0.294. The smallest absolute Gasteiger partial charge is 0.223 e. The average molecular weight is 297 g/mol. The van der Waals surface area contributed by atoms with Gasteiger partial charge >= 0.3 is 0 Å². The maximum Gasteiger partial charge on any atom is 0.223 e. The van der Waals surface area contributed by atoms with E-state index in [9.17, 15) is 0 Å². The van der Waals surface area contributed by atoms with E-state index in [1.807, 2.05) is 0 Å². The zero-order valence-corrected chi connectivity index (χ0v) is 12.0. The van der Waals surface area contributed by atoms with Gasteiger partial charge in [-0.15, -0.1) is 0 Å². The highest BCUT2D eigenvalue weighted by molar-refractivity contribution is 6.29. The van der Waals surface area contributed by atoms with Crippen LogP contribution < -0.4 is 18.9 Å². The summed E-state index contributed by atoms with van der Waals surface area (Å²) in [7, 11) is 4.59. The summed E-state index contributed by atoms with van der Waals surface area (Å²) in [4.78, 5) is 7.74. The van der Waals surface area contributed by atoms with E-state index in [0.29, 0.717) is 34.0 Å². The summed E-state index contributed by atoms with van der Waals surface area (Å²) in [6, 6.07) is 4.83. The number of benzene rings is 1. The van der Waals surface area contributed by atoms with E-state index in [1.165, 1.54) is 33.7 Å². The number of halogens is 1. The fourth-order valence-corrected chi connectivity index (χ4v) is 1.75. The Morgan fingerprint density at radius 2 is 1.55 bits per heavy atom. The van der Waals surface area contributed by atoms with Crippen LogP contribution >= 0.6 is 11.6 Å². The molecule has 0 N–H and O–H groups in total. The van der Waals surface area contributed by atoms with Crippen molar-refractivity contribution in [2.45, 2.75) is 0 Å². The van der Waals surface area contributed by atoms with Crippen LogP contribution in [0.4, 0.5) is 0 Å². The molecule has 1 aromatic heterocycles. The molecule has 0 spiro atoms. The summed E-state index contributed by atoms with van der Waals surface area (Å²) >= 11 is 5.78. The van der Waals surface area contributed by atoms with Crippen LogP contribution in [-0.2, 0) is 0 Å². The summed E-state index contributed by atoms with van der Waals surface area (Å²) in [6.45, 7) is 0. The van der Waals surface area contributed by atoms with Crippen molar-refractivity contribution in [3.05, 3.63) is 29.7 Å². The predicted octanol–water partition coefficient (Wildman–Crippen LogP) is 2.95. The molecule has 1 heterocycles. The van der Waals surface area contributed by atoms with Crippen molar-refractivity contribution in [3.8, 4) is 28.9 Å². The molecule has 1 aromatic carbocycles. The first-order valence-corrected chi connectivity index (χ1v) is 6.01. The molecule has 7 heteroatoms. The van der Waals surface area contributed by atoms with Crippen molar-refractivity contribution in [2.75, 3.05) is 21.3 Å². The van der Waals surface area contributed by atoms with Gasteiger partial charge in [0.2, 0.25) is 11.6 Å². The number of nitrogens with zero attached hydrogens (tertiary/aromatic N) is 2. The second-order valence-corrected chi connectivity index (χ2v) is 4.03. The Morgan fingerprint density at radius 3 is 2.05 bits per heavy atom. The Morgan fingerprint density at radius 1 is 0.900 bits per heavy atom. The highest BCUT2D eigenvalue weighted by Gasteiger charge is 2.14. The number of methoxy groups -OCH3 is 3. The second-order valence-electron chi connectivity index (χ2n) is 3.64. The summed E-state index contributed by atoms with van der Waals surface area (Å²) in [5.74, 6) is 2.26. The molecule has 0 unspecified atom stereocenters. The number of hydrogen-bond donors (Lipinski definition) is 0. The molecule has 0 saturated heterocycles. The molecule has 0 bridgehead atoms. The lowest BCUT2D eigenvalue weighted by atomic mass is 10.2. The van der Waals surface area contributed by atoms with Crippen molar-refractivity contribution in [1.82, 2.24) is 9.97 Å². The van der Waals surface area contributed by atoms with Crippen LogP contribution in [0.5, 0.6) is 28.9 Å². The molecule has 2 rings (SSSR count). The third kappa shape index (κ3) is 3.03. The van der Waals surface area contributed by atoms with Crippen LogP contribution in [-0.4, -0.2) is 31.3 Å². The van der Waals surface area contributed by atoms with Crippen LogP contribution in [0, 0.1) is 0 Å². The monoisotopic (exact) mass is 296 g/mol. The number of ether oxygens (including phenoxy) is 4. The van der Waals surface area contributed by atoms with E-state index in [2.05, 4.69) is 9.97 Å². The summed E-state index contributed by atoms with van der Waals surface area (Å²) < 4.78 is 21.3. The molecule has 106 valence electrons. The molecule has 0 aliphatic heterocycles. The second kappa shape index (κ2) is 6.29. The van der Waals surface area contributed by atoms with Crippen molar-refractivity contribution >= 4 is 11.6 Å². The molecular weight excluding hydrogens is 284 g/mol. The third-order valence-corrected chi connectivity index (χ3v) is 2.68. The number of rotatable bonds is 5. The first kappa shape index (κ1) is 14.2. The highest BCUT2D eigenvalue weighted by atomic mass is 35.5. The Labute approximate surface area is 121 Å². The van der Waals surface area contributed by atoms with Gasteiger partial charge in [-0.3, -0.25) is 0 Å². The Bertz CT molecular complexity index is 582. The quantitative estimate of drug-likeness (QED) is 0.791. The van der Waals surface area contributed by atoms with Gasteiger partial charge in [-0.05, 0) is 0 Å². The molecule has 0 fully saturated rings. The molecule has 20 heavy (non-hydrogen) atoms. The topological polar surface area (TPSA) is 62.7 Å². The van der Waals surface area contributed by atoms with Crippen molar-refractivity contribution in [1.29, 1.82) is 0 Å². The molecule has 0 amide bonds. The Balaban J connectivity index is 2.37. The zero-order chi connectivity index (χ0) is 14.5. The van der Waals surface area contributed by atoms with Gasteiger partial charge in [-0.2, -0.15) is 0 Å². The largest absolute Gasteiger partial charge is 0.493 e. The van der Waals surface area contributed by atoms with E-state index < -0.39 is 0 Å². The van der Waals surface area contributed by atoms with E-state index in [-0.39, 0.29) is 0 Å². The average Bonchev–Trinajstić information content (AvgIpc) is 2.46. The van der Waals surface area contributed by atoms with Crippen LogP contribution in [0.1, 0.15) is 0 Å². The fraction of sp³-hybridized carbons (Fsp3) is 0.231. The number of hydrogen-bond acceptors (Lipinski definition) is 6. The van der Waals surface area contributed by atoms with E-state index in [1.54, 1.807) is 12.1 Å². The van der Waals surface area contributed by atoms with Crippen LogP contribution in [0.3, 0.4) is 0 Å². The molecule has 0 radical (unpaired) electrons. The number of aromatic nitrogens is 2. The van der Waals surface area contributed by atoms with Gasteiger partial charge in [-0.1, -0.05) is 11.6 Å². The molecule has 0 saturated carbocycles. The minimum atomic E-state index is 0.294. The highest BCUT2D eigenvalue weighted by Crippen LogP contribution is 2.41. The van der Waals surface area contributed by atoms with Crippen LogP contribution in [0.15, 0.2) is 24.5 Å². The van der Waals surface area contributed by atoms with E-state index in [0.717, 1.165) is 0 Å². The van der Waals surface area contributed by atoms with E-state index >= 15 is 0 Å². The van der Waals surface area contributed by atoms with E-state index in [4.69, 9.17) is 30.5 Å². The SMILES string of the molecule is COc1cc(Oc2cc(Cl)ncn2)cc(OC)c1OC. The Hall–Kier alpha value is -2.21. The zero-order valence-electron chi connectivity index (χ0n) is 11.2. The maximum atomic E-state index is 5.78. The molecule has 0 aliphatic rings. The van der Waals surface area contributed by atoms with Gasteiger partial charge in [0.05, 0.1) is 21.3 Å². The van der Waals surface area contributed by atoms with Crippen molar-refractivity contribution < 1.29 is 18.9 Å².